The Morgan fingerprint density at radius 3 is 2.74 bits per heavy atom. The Morgan fingerprint density at radius 2 is 2.04 bits per heavy atom. The van der Waals surface area contributed by atoms with Crippen LogP contribution in [0.25, 0.3) is 0 Å². The molecule has 0 saturated carbocycles. The molecule has 0 bridgehead atoms. The highest BCUT2D eigenvalue weighted by Gasteiger charge is 2.04. The van der Waals surface area contributed by atoms with Crippen molar-refractivity contribution in [2.24, 2.45) is 0 Å². The van der Waals surface area contributed by atoms with Gasteiger partial charge in [0.15, 0.2) is 5.11 Å². The quantitative estimate of drug-likeness (QED) is 0.763. The molecule has 0 unspecified atom stereocenters. The lowest BCUT2D eigenvalue weighted by molar-refractivity contribution is 0.340. The standard InChI is InChI=1S/C17H19ClN2O2S/c1-3-22-14-6-4-5-12(9-14)11-19-17(23)20-13-7-8-16(21-2)15(18)10-13/h4-10H,3,11H2,1-2H3,(H2,19,20,23). The van der Waals surface area contributed by atoms with E-state index in [0.717, 1.165) is 17.0 Å². The lowest BCUT2D eigenvalue weighted by Crippen LogP contribution is -2.27. The van der Waals surface area contributed by atoms with Crippen molar-refractivity contribution in [3.8, 4) is 11.5 Å². The van der Waals surface area contributed by atoms with Crippen molar-refractivity contribution in [3.05, 3.63) is 53.1 Å². The molecule has 122 valence electrons. The minimum absolute atomic E-state index is 0.521. The topological polar surface area (TPSA) is 42.5 Å². The van der Waals surface area contributed by atoms with E-state index in [-0.39, 0.29) is 0 Å². The van der Waals surface area contributed by atoms with Crippen LogP contribution < -0.4 is 20.1 Å². The predicted octanol–water partition coefficient (Wildman–Crippen LogP) is 4.23. The maximum absolute atomic E-state index is 6.09. The van der Waals surface area contributed by atoms with Gasteiger partial charge in [0.1, 0.15) is 11.5 Å². The van der Waals surface area contributed by atoms with E-state index in [0.29, 0.717) is 29.0 Å². The van der Waals surface area contributed by atoms with Crippen LogP contribution in [0.4, 0.5) is 5.69 Å². The molecule has 2 N–H and O–H groups in total. The van der Waals surface area contributed by atoms with Crippen LogP contribution in [0.15, 0.2) is 42.5 Å². The van der Waals surface area contributed by atoms with Gasteiger partial charge < -0.3 is 20.1 Å². The zero-order valence-corrected chi connectivity index (χ0v) is 14.6. The van der Waals surface area contributed by atoms with E-state index in [9.17, 15) is 0 Å². The van der Waals surface area contributed by atoms with Gasteiger partial charge in [-0.3, -0.25) is 0 Å². The minimum Gasteiger partial charge on any atom is -0.495 e. The highest BCUT2D eigenvalue weighted by atomic mass is 35.5. The van der Waals surface area contributed by atoms with Gasteiger partial charge in [0.2, 0.25) is 0 Å². The number of hydrogen-bond donors (Lipinski definition) is 2. The van der Waals surface area contributed by atoms with E-state index in [1.807, 2.05) is 37.3 Å². The first-order valence-electron chi connectivity index (χ1n) is 7.22. The molecule has 0 heterocycles. The summed E-state index contributed by atoms with van der Waals surface area (Å²) >= 11 is 11.4. The summed E-state index contributed by atoms with van der Waals surface area (Å²) in [6, 6.07) is 13.3. The Bertz CT molecular complexity index is 679. The van der Waals surface area contributed by atoms with Crippen molar-refractivity contribution in [3.63, 3.8) is 0 Å². The van der Waals surface area contributed by atoms with Crippen LogP contribution in [0.3, 0.4) is 0 Å². The molecule has 0 saturated heterocycles. The molecule has 0 aliphatic heterocycles. The molecule has 4 nitrogen and oxygen atoms in total. The largest absolute Gasteiger partial charge is 0.495 e. The molecule has 0 amide bonds. The van der Waals surface area contributed by atoms with E-state index in [4.69, 9.17) is 33.3 Å². The number of rotatable bonds is 6. The Labute approximate surface area is 146 Å². The number of anilines is 1. The summed E-state index contributed by atoms with van der Waals surface area (Å²) < 4.78 is 10.6. The number of benzene rings is 2. The van der Waals surface area contributed by atoms with Gasteiger partial charge in [0.25, 0.3) is 0 Å². The third-order valence-corrected chi connectivity index (χ3v) is 3.61. The fourth-order valence-corrected chi connectivity index (χ4v) is 2.46. The van der Waals surface area contributed by atoms with Crippen LogP contribution in [0.2, 0.25) is 5.02 Å². The Kier molecular flexibility index (Phi) is 6.50. The van der Waals surface area contributed by atoms with Crippen LogP contribution in [0.5, 0.6) is 11.5 Å². The lowest BCUT2D eigenvalue weighted by Gasteiger charge is -2.12. The van der Waals surface area contributed by atoms with E-state index >= 15 is 0 Å². The first-order chi connectivity index (χ1) is 11.1. The number of halogens is 1. The smallest absolute Gasteiger partial charge is 0.171 e. The van der Waals surface area contributed by atoms with Crippen LogP contribution in [0.1, 0.15) is 12.5 Å². The molecule has 23 heavy (non-hydrogen) atoms. The average molecular weight is 351 g/mol. The third kappa shape index (κ3) is 5.30. The third-order valence-electron chi connectivity index (χ3n) is 3.07. The van der Waals surface area contributed by atoms with Crippen molar-refractivity contribution in [1.29, 1.82) is 0 Å². The van der Waals surface area contributed by atoms with Gasteiger partial charge in [-0.25, -0.2) is 0 Å². The molecular formula is C17H19ClN2O2S. The maximum atomic E-state index is 6.09. The Morgan fingerprint density at radius 1 is 1.22 bits per heavy atom. The van der Waals surface area contributed by atoms with Gasteiger partial charge >= 0.3 is 0 Å². The van der Waals surface area contributed by atoms with Crippen molar-refractivity contribution in [2.75, 3.05) is 19.0 Å². The molecular weight excluding hydrogens is 332 g/mol. The highest BCUT2D eigenvalue weighted by Crippen LogP contribution is 2.27. The molecule has 2 rings (SSSR count). The van der Waals surface area contributed by atoms with Crippen LogP contribution >= 0.6 is 23.8 Å². The first kappa shape index (κ1) is 17.4. The fraction of sp³-hybridized carbons (Fsp3) is 0.235. The van der Waals surface area contributed by atoms with Crippen LogP contribution in [0, 0.1) is 0 Å². The van der Waals surface area contributed by atoms with Crippen molar-refractivity contribution in [2.45, 2.75) is 13.5 Å². The molecule has 0 radical (unpaired) electrons. The molecule has 2 aromatic carbocycles. The summed E-state index contributed by atoms with van der Waals surface area (Å²) in [6.07, 6.45) is 0. The van der Waals surface area contributed by atoms with Gasteiger partial charge in [0, 0.05) is 12.2 Å². The van der Waals surface area contributed by atoms with Crippen molar-refractivity contribution in [1.82, 2.24) is 5.32 Å². The molecule has 2 aromatic rings. The summed E-state index contributed by atoms with van der Waals surface area (Å²) in [6.45, 7) is 3.22. The second-order valence-corrected chi connectivity index (χ2v) is 5.55. The molecule has 0 spiro atoms. The predicted molar refractivity (Wildman–Crippen MR) is 98.7 cm³/mol. The van der Waals surface area contributed by atoms with Crippen LogP contribution in [-0.4, -0.2) is 18.8 Å². The summed E-state index contributed by atoms with van der Waals surface area (Å²) in [5.74, 6) is 1.48. The minimum atomic E-state index is 0.521. The number of hydrogen-bond acceptors (Lipinski definition) is 3. The molecule has 0 aliphatic rings. The number of ether oxygens (including phenoxy) is 2. The average Bonchev–Trinajstić information content (AvgIpc) is 2.54. The second kappa shape index (κ2) is 8.60. The lowest BCUT2D eigenvalue weighted by atomic mass is 10.2. The number of nitrogens with one attached hydrogen (secondary N) is 2. The van der Waals surface area contributed by atoms with Crippen molar-refractivity contribution >= 4 is 34.6 Å². The number of thiocarbonyl (C=S) groups is 1. The highest BCUT2D eigenvalue weighted by molar-refractivity contribution is 7.80. The van der Waals surface area contributed by atoms with Gasteiger partial charge in [-0.05, 0) is 55.0 Å². The van der Waals surface area contributed by atoms with E-state index in [1.54, 1.807) is 19.2 Å². The van der Waals surface area contributed by atoms with E-state index in [1.165, 1.54) is 0 Å². The number of methoxy groups -OCH3 is 1. The first-order valence-corrected chi connectivity index (χ1v) is 8.01. The Balaban J connectivity index is 1.90. The van der Waals surface area contributed by atoms with Gasteiger partial charge in [-0.15, -0.1) is 0 Å². The summed E-state index contributed by atoms with van der Waals surface area (Å²) in [4.78, 5) is 0. The monoisotopic (exact) mass is 350 g/mol. The molecule has 0 aliphatic carbocycles. The Hall–Kier alpha value is -1.98. The normalized spacial score (nSPS) is 10.0. The summed E-state index contributed by atoms with van der Waals surface area (Å²) in [5.41, 5.74) is 1.89. The van der Waals surface area contributed by atoms with Crippen LogP contribution in [-0.2, 0) is 6.54 Å². The molecule has 0 atom stereocenters. The molecule has 0 fully saturated rings. The second-order valence-electron chi connectivity index (χ2n) is 4.74. The van der Waals surface area contributed by atoms with Crippen molar-refractivity contribution < 1.29 is 9.47 Å². The summed E-state index contributed by atoms with van der Waals surface area (Å²) in [5, 5.41) is 7.30. The van der Waals surface area contributed by atoms with Gasteiger partial charge in [-0.1, -0.05) is 23.7 Å². The van der Waals surface area contributed by atoms with E-state index in [2.05, 4.69) is 10.6 Å². The maximum Gasteiger partial charge on any atom is 0.171 e. The molecule has 0 aromatic heterocycles. The van der Waals surface area contributed by atoms with Gasteiger partial charge in [-0.2, -0.15) is 0 Å². The summed E-state index contributed by atoms with van der Waals surface area (Å²) in [7, 11) is 1.58. The molecule has 6 heteroatoms. The SMILES string of the molecule is CCOc1cccc(CNC(=S)Nc2ccc(OC)c(Cl)c2)c1. The zero-order valence-electron chi connectivity index (χ0n) is 13.1. The van der Waals surface area contributed by atoms with Gasteiger partial charge in [0.05, 0.1) is 18.7 Å². The fourth-order valence-electron chi connectivity index (χ4n) is 2.01. The zero-order chi connectivity index (χ0) is 16.7. The van der Waals surface area contributed by atoms with E-state index < -0.39 is 0 Å².